The van der Waals surface area contributed by atoms with Gasteiger partial charge >= 0.3 is 5.97 Å². The van der Waals surface area contributed by atoms with E-state index in [9.17, 15) is 4.79 Å². The van der Waals surface area contributed by atoms with Crippen molar-refractivity contribution in [1.29, 1.82) is 0 Å². The quantitative estimate of drug-likeness (QED) is 0.418. The van der Waals surface area contributed by atoms with Crippen LogP contribution >= 0.6 is 0 Å². The molecule has 1 aliphatic heterocycles. The molecule has 4 aliphatic rings. The Balaban J connectivity index is 1.51. The predicted octanol–water partition coefficient (Wildman–Crippen LogP) is 2.21. The number of carbonyl (C=O) groups excluding carboxylic acids is 1. The van der Waals surface area contributed by atoms with Gasteiger partial charge in [0.1, 0.15) is 11.7 Å². The average molecular weight is 234 g/mol. The van der Waals surface area contributed by atoms with Gasteiger partial charge in [0.25, 0.3) is 0 Å². The van der Waals surface area contributed by atoms with Gasteiger partial charge in [-0.1, -0.05) is 6.58 Å². The molecule has 0 aromatic carbocycles. The second kappa shape index (κ2) is 2.77. The molecule has 3 nitrogen and oxygen atoms in total. The molecule has 0 aromatic rings. The summed E-state index contributed by atoms with van der Waals surface area (Å²) in [6.45, 7) is 5.34. The first-order valence-corrected chi connectivity index (χ1v) is 6.63. The molecule has 1 saturated heterocycles. The molecule has 3 aliphatic carbocycles. The van der Waals surface area contributed by atoms with Gasteiger partial charge in [-0.05, 0) is 44.4 Å². The molecule has 4 fully saturated rings. The lowest BCUT2D eigenvalue weighted by Crippen LogP contribution is -2.26. The zero-order valence-corrected chi connectivity index (χ0v) is 10.2. The van der Waals surface area contributed by atoms with Gasteiger partial charge in [-0.2, -0.15) is 0 Å². The maximum absolute atomic E-state index is 11.6. The summed E-state index contributed by atoms with van der Waals surface area (Å²) in [4.78, 5) is 11.6. The summed E-state index contributed by atoms with van der Waals surface area (Å²) in [6.07, 6.45) is 5.80. The van der Waals surface area contributed by atoms with Gasteiger partial charge in [0.2, 0.25) is 0 Å². The molecule has 0 aromatic heterocycles. The fourth-order valence-electron chi connectivity index (χ4n) is 4.79. The zero-order valence-electron chi connectivity index (χ0n) is 10.2. The molecule has 5 atom stereocenters. The fraction of sp³-hybridized carbons (Fsp3) is 0.786. The largest absolute Gasteiger partial charge is 0.459 e. The third-order valence-corrected chi connectivity index (χ3v) is 5.46. The molecule has 2 spiro atoms. The molecule has 3 saturated carbocycles. The van der Waals surface area contributed by atoms with Crippen LogP contribution in [-0.2, 0) is 14.3 Å². The molecule has 17 heavy (non-hydrogen) atoms. The SMILES string of the molecule is C=C(C)C(=O)OC1CC2C3CCC4(C3)OC24C1. The van der Waals surface area contributed by atoms with Gasteiger partial charge in [-0.25, -0.2) is 4.79 Å². The zero-order chi connectivity index (χ0) is 11.8. The van der Waals surface area contributed by atoms with E-state index < -0.39 is 0 Å². The van der Waals surface area contributed by atoms with Crippen molar-refractivity contribution in [2.75, 3.05) is 0 Å². The van der Waals surface area contributed by atoms with Gasteiger partial charge in [-0.3, -0.25) is 0 Å². The normalized spacial score (nSPS) is 53.1. The third-order valence-electron chi connectivity index (χ3n) is 5.46. The monoisotopic (exact) mass is 234 g/mol. The van der Waals surface area contributed by atoms with Crippen molar-refractivity contribution in [3.63, 3.8) is 0 Å². The van der Waals surface area contributed by atoms with Gasteiger partial charge in [0.05, 0.1) is 5.60 Å². The fourth-order valence-corrected chi connectivity index (χ4v) is 4.79. The highest BCUT2D eigenvalue weighted by Gasteiger charge is 2.83. The van der Waals surface area contributed by atoms with E-state index in [0.717, 1.165) is 18.8 Å². The first-order chi connectivity index (χ1) is 8.06. The maximum Gasteiger partial charge on any atom is 0.333 e. The molecule has 4 rings (SSSR count). The summed E-state index contributed by atoms with van der Waals surface area (Å²) in [5, 5.41) is 0. The van der Waals surface area contributed by atoms with E-state index in [4.69, 9.17) is 9.47 Å². The van der Waals surface area contributed by atoms with Crippen molar-refractivity contribution >= 4 is 5.97 Å². The Bertz CT molecular complexity index is 429. The van der Waals surface area contributed by atoms with E-state index in [0.29, 0.717) is 11.5 Å². The molecule has 2 bridgehead atoms. The Morgan fingerprint density at radius 2 is 2.29 bits per heavy atom. The molecule has 0 radical (unpaired) electrons. The summed E-state index contributed by atoms with van der Waals surface area (Å²) in [7, 11) is 0. The minimum absolute atomic E-state index is 0.0620. The van der Waals surface area contributed by atoms with E-state index in [1.54, 1.807) is 6.92 Å². The topological polar surface area (TPSA) is 38.8 Å². The Morgan fingerprint density at radius 3 is 3.00 bits per heavy atom. The number of fused-ring (bicyclic) bond motifs is 2. The highest BCUT2D eigenvalue weighted by Crippen LogP contribution is 2.77. The Morgan fingerprint density at radius 1 is 1.47 bits per heavy atom. The molecule has 0 amide bonds. The second-order valence-electron chi connectivity index (χ2n) is 6.34. The van der Waals surface area contributed by atoms with Crippen LogP contribution < -0.4 is 0 Å². The van der Waals surface area contributed by atoms with Crippen LogP contribution in [0.4, 0.5) is 0 Å². The molecule has 0 N–H and O–H groups in total. The van der Waals surface area contributed by atoms with Crippen LogP contribution in [0.3, 0.4) is 0 Å². The van der Waals surface area contributed by atoms with Crippen LogP contribution in [0.15, 0.2) is 12.2 Å². The van der Waals surface area contributed by atoms with Crippen molar-refractivity contribution in [1.82, 2.24) is 0 Å². The number of esters is 1. The van der Waals surface area contributed by atoms with Crippen LogP contribution in [0.1, 0.15) is 39.0 Å². The molecule has 3 heteroatoms. The van der Waals surface area contributed by atoms with Crippen LogP contribution in [-0.4, -0.2) is 23.3 Å². The summed E-state index contributed by atoms with van der Waals surface area (Å²) in [5.41, 5.74) is 0.803. The smallest absolute Gasteiger partial charge is 0.333 e. The molecule has 1 heterocycles. The van der Waals surface area contributed by atoms with Crippen LogP contribution in [0.25, 0.3) is 0 Å². The standard InChI is InChI=1S/C14H18O3/c1-8(2)12(15)16-10-5-11-9-3-4-13(6-9)14(11,7-10)17-13/h9-11H,1,3-7H2,2H3. The first-order valence-electron chi connectivity index (χ1n) is 6.63. The first kappa shape index (κ1) is 10.1. The summed E-state index contributed by atoms with van der Waals surface area (Å²) >= 11 is 0. The highest BCUT2D eigenvalue weighted by molar-refractivity contribution is 5.87. The number of ether oxygens (including phenoxy) is 2. The third kappa shape index (κ3) is 1.05. The molecule has 5 unspecified atom stereocenters. The lowest BCUT2D eigenvalue weighted by molar-refractivity contribution is -0.144. The minimum Gasteiger partial charge on any atom is -0.459 e. The summed E-state index contributed by atoms with van der Waals surface area (Å²) < 4.78 is 11.6. The molecular formula is C14H18O3. The summed E-state index contributed by atoms with van der Waals surface area (Å²) in [5.74, 6) is 1.24. The van der Waals surface area contributed by atoms with E-state index >= 15 is 0 Å². The average Bonchev–Trinajstić information content (AvgIpc) is 2.62. The highest BCUT2D eigenvalue weighted by atomic mass is 16.6. The molecule has 92 valence electrons. The van der Waals surface area contributed by atoms with Crippen molar-refractivity contribution in [2.24, 2.45) is 11.8 Å². The van der Waals surface area contributed by atoms with Crippen molar-refractivity contribution in [2.45, 2.75) is 56.3 Å². The van der Waals surface area contributed by atoms with Crippen LogP contribution in [0, 0.1) is 11.8 Å². The van der Waals surface area contributed by atoms with Gasteiger partial charge in [0, 0.05) is 12.0 Å². The number of carbonyl (C=O) groups is 1. The van der Waals surface area contributed by atoms with E-state index in [1.807, 2.05) is 0 Å². The maximum atomic E-state index is 11.6. The van der Waals surface area contributed by atoms with Gasteiger partial charge in [-0.15, -0.1) is 0 Å². The Hall–Kier alpha value is -0.830. The Kier molecular flexibility index (Phi) is 1.65. The van der Waals surface area contributed by atoms with Crippen molar-refractivity contribution in [3.05, 3.63) is 12.2 Å². The second-order valence-corrected chi connectivity index (χ2v) is 6.34. The number of hydrogen-bond acceptors (Lipinski definition) is 3. The van der Waals surface area contributed by atoms with Crippen LogP contribution in [0.2, 0.25) is 0 Å². The number of epoxide rings is 1. The van der Waals surface area contributed by atoms with E-state index in [1.165, 1.54) is 19.3 Å². The van der Waals surface area contributed by atoms with Crippen molar-refractivity contribution in [3.8, 4) is 0 Å². The van der Waals surface area contributed by atoms with Gasteiger partial charge in [0.15, 0.2) is 0 Å². The number of rotatable bonds is 2. The predicted molar refractivity (Wildman–Crippen MR) is 61.3 cm³/mol. The van der Waals surface area contributed by atoms with Crippen LogP contribution in [0.5, 0.6) is 0 Å². The number of hydrogen-bond donors (Lipinski definition) is 0. The lowest BCUT2D eigenvalue weighted by Gasteiger charge is -2.20. The Labute approximate surface area is 101 Å². The van der Waals surface area contributed by atoms with Crippen molar-refractivity contribution < 1.29 is 14.3 Å². The molecular weight excluding hydrogens is 216 g/mol. The van der Waals surface area contributed by atoms with E-state index in [-0.39, 0.29) is 23.3 Å². The minimum atomic E-state index is -0.242. The van der Waals surface area contributed by atoms with E-state index in [2.05, 4.69) is 6.58 Å². The summed E-state index contributed by atoms with van der Waals surface area (Å²) in [6, 6.07) is 0. The lowest BCUT2D eigenvalue weighted by atomic mass is 9.82. The van der Waals surface area contributed by atoms with Gasteiger partial charge < -0.3 is 9.47 Å².